The van der Waals surface area contributed by atoms with E-state index in [-0.39, 0.29) is 18.2 Å². The lowest BCUT2D eigenvalue weighted by molar-refractivity contribution is -0.137. The Morgan fingerprint density at radius 3 is 2.54 bits per heavy atom. The van der Waals surface area contributed by atoms with Crippen molar-refractivity contribution in [2.45, 2.75) is 24.2 Å². The lowest BCUT2D eigenvalue weighted by atomic mass is 9.90. The molecular weight excluding hydrogens is 327 g/mol. The van der Waals surface area contributed by atoms with E-state index in [1.807, 2.05) is 25.1 Å². The number of benzene rings is 2. The van der Waals surface area contributed by atoms with Crippen LogP contribution in [0.4, 0.5) is 4.39 Å². The van der Waals surface area contributed by atoms with Gasteiger partial charge in [-0.05, 0) is 76.8 Å². The Bertz CT molecular complexity index is 825. The summed E-state index contributed by atoms with van der Waals surface area (Å²) in [6.45, 7) is 1.87. The molecule has 24 heavy (non-hydrogen) atoms. The van der Waals surface area contributed by atoms with Crippen molar-refractivity contribution in [2.75, 3.05) is 6.26 Å². The van der Waals surface area contributed by atoms with E-state index in [0.717, 1.165) is 22.3 Å². The molecule has 2 aromatic rings. The third kappa shape index (κ3) is 3.09. The van der Waals surface area contributed by atoms with Crippen LogP contribution in [0.3, 0.4) is 0 Å². The molecule has 2 atom stereocenters. The number of allylic oxidation sites excluding steroid dienone is 1. The molecular formula is C19H17FO3S. The summed E-state index contributed by atoms with van der Waals surface area (Å²) in [6.07, 6.45) is 3.49. The Balaban J connectivity index is 2.09. The molecule has 2 unspecified atom stereocenters. The van der Waals surface area contributed by atoms with Crippen molar-refractivity contribution in [2.24, 2.45) is 0 Å². The van der Waals surface area contributed by atoms with Gasteiger partial charge in [0.15, 0.2) is 4.90 Å². The SMILES string of the molecule is CC1=Cc2c(-c3ccc([S+](C)[O-])cc3)cc(F)cc2C1CC(=O)O. The highest BCUT2D eigenvalue weighted by atomic mass is 32.2. The fourth-order valence-electron chi connectivity index (χ4n) is 3.17. The lowest BCUT2D eigenvalue weighted by Crippen LogP contribution is -2.06. The predicted octanol–water partition coefficient (Wildman–Crippen LogP) is 4.21. The van der Waals surface area contributed by atoms with Crippen molar-refractivity contribution in [3.8, 4) is 11.1 Å². The van der Waals surface area contributed by atoms with Crippen molar-refractivity contribution in [3.63, 3.8) is 0 Å². The maximum absolute atomic E-state index is 14.1. The fourth-order valence-corrected chi connectivity index (χ4v) is 3.69. The number of aliphatic carboxylic acids is 1. The first-order valence-corrected chi connectivity index (χ1v) is 9.10. The second-order valence-electron chi connectivity index (χ2n) is 5.97. The molecule has 1 aliphatic carbocycles. The summed E-state index contributed by atoms with van der Waals surface area (Å²) in [5.74, 6) is -1.58. The molecule has 0 saturated heterocycles. The topological polar surface area (TPSA) is 60.4 Å². The molecule has 124 valence electrons. The minimum Gasteiger partial charge on any atom is -0.612 e. The lowest BCUT2D eigenvalue weighted by Gasteiger charge is -2.14. The van der Waals surface area contributed by atoms with Crippen LogP contribution in [0.5, 0.6) is 0 Å². The van der Waals surface area contributed by atoms with Crippen LogP contribution in [0.25, 0.3) is 17.2 Å². The maximum atomic E-state index is 14.1. The molecule has 2 aromatic carbocycles. The molecule has 3 nitrogen and oxygen atoms in total. The van der Waals surface area contributed by atoms with Crippen molar-refractivity contribution < 1.29 is 18.8 Å². The normalized spacial score (nSPS) is 17.3. The van der Waals surface area contributed by atoms with Gasteiger partial charge in [0.05, 0.1) is 6.42 Å². The zero-order chi connectivity index (χ0) is 17.4. The number of halogens is 1. The second-order valence-corrected chi connectivity index (χ2v) is 7.35. The van der Waals surface area contributed by atoms with Crippen LogP contribution in [-0.2, 0) is 16.0 Å². The van der Waals surface area contributed by atoms with Gasteiger partial charge >= 0.3 is 5.97 Å². The smallest absolute Gasteiger partial charge is 0.304 e. The van der Waals surface area contributed by atoms with Gasteiger partial charge in [0.25, 0.3) is 0 Å². The molecule has 5 heteroatoms. The van der Waals surface area contributed by atoms with Crippen LogP contribution in [0, 0.1) is 5.82 Å². The van der Waals surface area contributed by atoms with Gasteiger partial charge in [0.2, 0.25) is 0 Å². The molecule has 0 radical (unpaired) electrons. The zero-order valence-corrected chi connectivity index (χ0v) is 14.2. The van der Waals surface area contributed by atoms with E-state index in [1.54, 1.807) is 18.4 Å². The summed E-state index contributed by atoms with van der Waals surface area (Å²) in [7, 11) is 0. The summed E-state index contributed by atoms with van der Waals surface area (Å²) in [5, 5.41) is 9.11. The van der Waals surface area contributed by atoms with Crippen LogP contribution in [0.1, 0.15) is 30.4 Å². The first-order chi connectivity index (χ1) is 11.4. The number of carboxylic acids is 1. The van der Waals surface area contributed by atoms with Gasteiger partial charge in [-0.1, -0.05) is 11.6 Å². The highest BCUT2D eigenvalue weighted by molar-refractivity contribution is 7.90. The van der Waals surface area contributed by atoms with Crippen LogP contribution in [0.2, 0.25) is 0 Å². The van der Waals surface area contributed by atoms with Crippen molar-refractivity contribution in [1.82, 2.24) is 0 Å². The minimum absolute atomic E-state index is 0.0496. The van der Waals surface area contributed by atoms with Gasteiger partial charge in [-0.2, -0.15) is 0 Å². The van der Waals surface area contributed by atoms with Crippen LogP contribution in [-0.4, -0.2) is 21.9 Å². The summed E-state index contributed by atoms with van der Waals surface area (Å²) < 4.78 is 25.6. The number of fused-ring (bicyclic) bond motifs is 1. The van der Waals surface area contributed by atoms with Gasteiger partial charge in [-0.25, -0.2) is 4.39 Å². The first-order valence-electron chi connectivity index (χ1n) is 7.54. The Hall–Kier alpha value is -2.11. The van der Waals surface area contributed by atoms with Crippen molar-refractivity contribution >= 4 is 23.2 Å². The third-order valence-electron chi connectivity index (χ3n) is 4.35. The van der Waals surface area contributed by atoms with Crippen molar-refractivity contribution in [1.29, 1.82) is 0 Å². The molecule has 0 aliphatic heterocycles. The number of rotatable bonds is 4. The van der Waals surface area contributed by atoms with Crippen LogP contribution >= 0.6 is 0 Å². The van der Waals surface area contributed by atoms with Crippen LogP contribution in [0.15, 0.2) is 46.9 Å². The quantitative estimate of drug-likeness (QED) is 0.846. The number of hydrogen-bond donors (Lipinski definition) is 1. The molecule has 0 spiro atoms. The molecule has 3 rings (SSSR count). The van der Waals surface area contributed by atoms with Gasteiger partial charge in [-0.15, -0.1) is 0 Å². The molecule has 0 saturated carbocycles. The molecule has 0 bridgehead atoms. The molecule has 1 N–H and O–H groups in total. The maximum Gasteiger partial charge on any atom is 0.304 e. The molecule has 0 fully saturated rings. The van der Waals surface area contributed by atoms with E-state index >= 15 is 0 Å². The summed E-state index contributed by atoms with van der Waals surface area (Å²) in [6, 6.07) is 10.1. The van der Waals surface area contributed by atoms with Crippen molar-refractivity contribution in [3.05, 3.63) is 58.9 Å². The average molecular weight is 344 g/mol. The van der Waals surface area contributed by atoms with E-state index in [9.17, 15) is 13.7 Å². The van der Waals surface area contributed by atoms with Gasteiger partial charge < -0.3 is 9.66 Å². The number of hydrogen-bond acceptors (Lipinski definition) is 2. The monoisotopic (exact) mass is 344 g/mol. The Labute approximate surface area is 143 Å². The zero-order valence-electron chi connectivity index (χ0n) is 13.4. The first kappa shape index (κ1) is 16.7. The largest absolute Gasteiger partial charge is 0.612 e. The van der Waals surface area contributed by atoms with Gasteiger partial charge in [0.1, 0.15) is 12.1 Å². The predicted molar refractivity (Wildman–Crippen MR) is 92.8 cm³/mol. The summed E-state index contributed by atoms with van der Waals surface area (Å²) in [4.78, 5) is 11.8. The second kappa shape index (κ2) is 6.42. The fraction of sp³-hybridized carbons (Fsp3) is 0.211. The van der Waals surface area contributed by atoms with E-state index in [4.69, 9.17) is 5.11 Å². The number of carboxylic acid groups (broad SMARTS) is 1. The third-order valence-corrected chi connectivity index (χ3v) is 5.29. The molecule has 1 aliphatic rings. The summed E-state index contributed by atoms with van der Waals surface area (Å²) >= 11 is -1.07. The van der Waals surface area contributed by atoms with E-state index in [2.05, 4.69) is 0 Å². The van der Waals surface area contributed by atoms with Crippen LogP contribution < -0.4 is 0 Å². The van der Waals surface area contributed by atoms with Gasteiger partial charge in [0, 0.05) is 5.92 Å². The molecule has 0 amide bonds. The Kier molecular flexibility index (Phi) is 4.47. The van der Waals surface area contributed by atoms with E-state index in [1.165, 1.54) is 12.1 Å². The van der Waals surface area contributed by atoms with Gasteiger partial charge in [-0.3, -0.25) is 4.79 Å². The molecule has 0 aromatic heterocycles. The Morgan fingerprint density at radius 1 is 1.29 bits per heavy atom. The number of carbonyl (C=O) groups is 1. The average Bonchev–Trinajstić information content (AvgIpc) is 2.82. The highest BCUT2D eigenvalue weighted by Crippen LogP contribution is 2.43. The molecule has 0 heterocycles. The summed E-state index contributed by atoms with van der Waals surface area (Å²) in [5.41, 5.74) is 4.05. The van der Waals surface area contributed by atoms with E-state index < -0.39 is 17.1 Å². The highest BCUT2D eigenvalue weighted by Gasteiger charge is 2.27. The Morgan fingerprint density at radius 2 is 1.96 bits per heavy atom. The minimum atomic E-state index is -1.07. The van der Waals surface area contributed by atoms with E-state index in [0.29, 0.717) is 10.5 Å². The standard InChI is InChI=1S/C19H17FO3S/c1-11-7-17-16(12-3-5-14(6-4-12)24(2)23)8-13(20)9-18(17)15(11)10-19(21)22/h3-9,15H,10H2,1-2H3,(H,21,22).